The second-order valence-electron chi connectivity index (χ2n) is 5.18. The van der Waals surface area contributed by atoms with Gasteiger partial charge in [-0.05, 0) is 25.7 Å². The smallest absolute Gasteiger partial charge is 0.308 e. The van der Waals surface area contributed by atoms with Crippen molar-refractivity contribution in [3.05, 3.63) is 0 Å². The number of carboxylic acids is 1. The fourth-order valence-electron chi connectivity index (χ4n) is 3.29. The number of methoxy groups -OCH3 is 1. The second kappa shape index (κ2) is 6.50. The van der Waals surface area contributed by atoms with Crippen LogP contribution in [0, 0.1) is 5.92 Å². The van der Waals surface area contributed by atoms with Gasteiger partial charge in [0.15, 0.2) is 0 Å². The van der Waals surface area contributed by atoms with Crippen LogP contribution >= 0.6 is 0 Å². The fraction of sp³-hybridized carbons (Fsp3) is 0.923. The first-order valence-electron chi connectivity index (χ1n) is 6.79. The Kier molecular flexibility index (Phi) is 4.97. The molecule has 5 nitrogen and oxygen atoms in total. The zero-order valence-corrected chi connectivity index (χ0v) is 11.0. The molecule has 0 radical (unpaired) electrons. The molecule has 0 aromatic rings. The number of fused-ring (bicyclic) bond motifs is 2. The minimum Gasteiger partial charge on any atom is -0.481 e. The van der Waals surface area contributed by atoms with Crippen LogP contribution < -0.4 is 0 Å². The lowest BCUT2D eigenvalue weighted by Gasteiger charge is -2.22. The van der Waals surface area contributed by atoms with Gasteiger partial charge in [-0.15, -0.1) is 0 Å². The van der Waals surface area contributed by atoms with Gasteiger partial charge in [0.25, 0.3) is 0 Å². The number of rotatable bonds is 8. The van der Waals surface area contributed by atoms with Crippen molar-refractivity contribution in [2.45, 2.75) is 37.8 Å². The van der Waals surface area contributed by atoms with Crippen molar-refractivity contribution in [2.24, 2.45) is 5.92 Å². The highest BCUT2D eigenvalue weighted by molar-refractivity contribution is 5.71. The summed E-state index contributed by atoms with van der Waals surface area (Å²) >= 11 is 0. The molecule has 3 unspecified atom stereocenters. The molecule has 0 saturated carbocycles. The Balaban J connectivity index is 1.66. The van der Waals surface area contributed by atoms with E-state index in [1.165, 1.54) is 0 Å². The first-order chi connectivity index (χ1) is 8.74. The molecule has 2 aliphatic heterocycles. The summed E-state index contributed by atoms with van der Waals surface area (Å²) in [5.41, 5.74) is 0. The van der Waals surface area contributed by atoms with Crippen LogP contribution in [0.15, 0.2) is 0 Å². The molecule has 2 saturated heterocycles. The second-order valence-corrected chi connectivity index (χ2v) is 5.18. The predicted octanol–water partition coefficient (Wildman–Crippen LogP) is 0.977. The van der Waals surface area contributed by atoms with Crippen molar-refractivity contribution < 1.29 is 19.4 Å². The molecule has 5 heteroatoms. The van der Waals surface area contributed by atoms with Gasteiger partial charge in [-0.3, -0.25) is 9.69 Å². The standard InChI is InChI=1S/C13H23NO4/c1-17-6-2-7-18-8-5-14-10-3-4-12(14)11(9-10)13(15)16/h10-12H,2-9H2,1H3,(H,15,16). The highest BCUT2D eigenvalue weighted by atomic mass is 16.5. The Morgan fingerprint density at radius 3 is 2.83 bits per heavy atom. The third-order valence-electron chi connectivity index (χ3n) is 4.13. The molecule has 0 amide bonds. The lowest BCUT2D eigenvalue weighted by atomic mass is 9.89. The van der Waals surface area contributed by atoms with E-state index in [4.69, 9.17) is 14.6 Å². The zero-order chi connectivity index (χ0) is 13.0. The molecule has 0 spiro atoms. The van der Waals surface area contributed by atoms with Crippen LogP contribution in [0.3, 0.4) is 0 Å². The third-order valence-corrected chi connectivity index (χ3v) is 4.13. The predicted molar refractivity (Wildman–Crippen MR) is 66.6 cm³/mol. The quantitative estimate of drug-likeness (QED) is 0.657. The number of hydrogen-bond donors (Lipinski definition) is 1. The van der Waals surface area contributed by atoms with Crippen LogP contribution in [0.5, 0.6) is 0 Å². The minimum absolute atomic E-state index is 0.155. The van der Waals surface area contributed by atoms with E-state index in [0.717, 1.165) is 45.4 Å². The van der Waals surface area contributed by atoms with Crippen LogP contribution in [0.1, 0.15) is 25.7 Å². The average molecular weight is 257 g/mol. The number of ether oxygens (including phenoxy) is 2. The van der Waals surface area contributed by atoms with E-state index in [1.807, 2.05) is 0 Å². The van der Waals surface area contributed by atoms with Crippen molar-refractivity contribution in [2.75, 3.05) is 33.5 Å². The number of carbonyl (C=O) groups is 1. The van der Waals surface area contributed by atoms with Crippen molar-refractivity contribution in [3.8, 4) is 0 Å². The Labute approximate surface area is 108 Å². The number of hydrogen-bond acceptors (Lipinski definition) is 4. The summed E-state index contributed by atoms with van der Waals surface area (Å²) in [6.07, 6.45) is 3.92. The Hall–Kier alpha value is -0.650. The summed E-state index contributed by atoms with van der Waals surface area (Å²) in [6, 6.07) is 0.716. The molecule has 2 fully saturated rings. The first kappa shape index (κ1) is 13.8. The highest BCUT2D eigenvalue weighted by Crippen LogP contribution is 2.41. The molecule has 18 heavy (non-hydrogen) atoms. The van der Waals surface area contributed by atoms with Gasteiger partial charge in [0.2, 0.25) is 0 Å². The molecular weight excluding hydrogens is 234 g/mol. The zero-order valence-electron chi connectivity index (χ0n) is 11.0. The monoisotopic (exact) mass is 257 g/mol. The molecule has 2 heterocycles. The molecule has 0 aromatic heterocycles. The van der Waals surface area contributed by atoms with Crippen molar-refractivity contribution in [1.82, 2.24) is 4.90 Å². The molecular formula is C13H23NO4. The van der Waals surface area contributed by atoms with Crippen LogP contribution in [0.4, 0.5) is 0 Å². The van der Waals surface area contributed by atoms with Crippen LogP contribution in [-0.2, 0) is 14.3 Å². The van der Waals surface area contributed by atoms with Gasteiger partial charge in [-0.2, -0.15) is 0 Å². The van der Waals surface area contributed by atoms with Gasteiger partial charge in [0.05, 0.1) is 12.5 Å². The third kappa shape index (κ3) is 3.02. The Morgan fingerprint density at radius 2 is 2.17 bits per heavy atom. The summed E-state index contributed by atoms with van der Waals surface area (Å²) in [6.45, 7) is 3.02. The molecule has 104 valence electrons. The van der Waals surface area contributed by atoms with E-state index in [9.17, 15) is 4.79 Å². The Bertz CT molecular complexity index is 284. The average Bonchev–Trinajstić information content (AvgIpc) is 2.90. The topological polar surface area (TPSA) is 59.0 Å². The summed E-state index contributed by atoms with van der Waals surface area (Å²) in [5, 5.41) is 9.15. The minimum atomic E-state index is -0.631. The van der Waals surface area contributed by atoms with Crippen molar-refractivity contribution in [3.63, 3.8) is 0 Å². The maximum absolute atomic E-state index is 11.1. The van der Waals surface area contributed by atoms with Gasteiger partial charge < -0.3 is 14.6 Å². The van der Waals surface area contributed by atoms with E-state index in [1.54, 1.807) is 7.11 Å². The fourth-order valence-corrected chi connectivity index (χ4v) is 3.29. The maximum atomic E-state index is 11.1. The molecule has 0 aliphatic carbocycles. The number of nitrogens with zero attached hydrogens (tertiary/aromatic N) is 1. The first-order valence-corrected chi connectivity index (χ1v) is 6.79. The van der Waals surface area contributed by atoms with Gasteiger partial charge >= 0.3 is 5.97 Å². The highest BCUT2D eigenvalue weighted by Gasteiger charge is 2.48. The van der Waals surface area contributed by atoms with E-state index < -0.39 is 5.97 Å². The van der Waals surface area contributed by atoms with E-state index in [0.29, 0.717) is 12.6 Å². The number of carboxylic acid groups (broad SMARTS) is 1. The van der Waals surface area contributed by atoms with Crippen LogP contribution in [0.2, 0.25) is 0 Å². The van der Waals surface area contributed by atoms with E-state index in [2.05, 4.69) is 4.90 Å². The SMILES string of the molecule is COCCCOCCN1C2CCC1C(C(=O)O)C2. The van der Waals surface area contributed by atoms with Crippen LogP contribution in [-0.4, -0.2) is 61.5 Å². The molecule has 1 N–H and O–H groups in total. The van der Waals surface area contributed by atoms with E-state index >= 15 is 0 Å². The largest absolute Gasteiger partial charge is 0.481 e. The van der Waals surface area contributed by atoms with Gasteiger partial charge in [-0.1, -0.05) is 0 Å². The summed E-state index contributed by atoms with van der Waals surface area (Å²) < 4.78 is 10.5. The molecule has 2 bridgehead atoms. The van der Waals surface area contributed by atoms with Crippen LogP contribution in [0.25, 0.3) is 0 Å². The molecule has 3 atom stereocenters. The normalized spacial score (nSPS) is 31.1. The Morgan fingerprint density at radius 1 is 1.33 bits per heavy atom. The van der Waals surface area contributed by atoms with Gasteiger partial charge in [0, 0.05) is 39.0 Å². The van der Waals surface area contributed by atoms with Crippen molar-refractivity contribution >= 4 is 5.97 Å². The molecule has 2 rings (SSSR count). The number of aliphatic carboxylic acids is 1. The maximum Gasteiger partial charge on any atom is 0.308 e. The summed E-state index contributed by atoms with van der Waals surface area (Å²) in [5.74, 6) is -0.787. The van der Waals surface area contributed by atoms with E-state index in [-0.39, 0.29) is 12.0 Å². The molecule has 2 aliphatic rings. The summed E-state index contributed by atoms with van der Waals surface area (Å²) in [4.78, 5) is 13.5. The van der Waals surface area contributed by atoms with Crippen molar-refractivity contribution in [1.29, 1.82) is 0 Å². The summed E-state index contributed by atoms with van der Waals surface area (Å²) in [7, 11) is 1.69. The lowest BCUT2D eigenvalue weighted by Crippen LogP contribution is -2.35. The van der Waals surface area contributed by atoms with Gasteiger partial charge in [0.1, 0.15) is 0 Å². The lowest BCUT2D eigenvalue weighted by molar-refractivity contribution is -0.142. The van der Waals surface area contributed by atoms with Gasteiger partial charge in [-0.25, -0.2) is 0 Å². The molecule has 0 aromatic carbocycles.